The Morgan fingerprint density at radius 1 is 1.45 bits per heavy atom. The predicted molar refractivity (Wildman–Crippen MR) is 74.0 cm³/mol. The SMILES string of the molecule is O=C(O)Cc1cccc(OC2CCOC3(CCC3)C2)c1. The Morgan fingerprint density at radius 3 is 3.00 bits per heavy atom. The van der Waals surface area contributed by atoms with Crippen LogP contribution in [0, 0.1) is 0 Å². The molecular weight excluding hydrogens is 256 g/mol. The summed E-state index contributed by atoms with van der Waals surface area (Å²) in [7, 11) is 0. The molecular formula is C16H20O4. The van der Waals surface area contributed by atoms with E-state index < -0.39 is 5.97 Å². The van der Waals surface area contributed by atoms with Gasteiger partial charge in [0.2, 0.25) is 0 Å². The zero-order valence-electron chi connectivity index (χ0n) is 11.5. The summed E-state index contributed by atoms with van der Waals surface area (Å²) in [6, 6.07) is 7.40. The molecule has 1 aromatic rings. The molecule has 20 heavy (non-hydrogen) atoms. The molecule has 1 saturated heterocycles. The fourth-order valence-corrected chi connectivity index (χ4v) is 3.10. The largest absolute Gasteiger partial charge is 0.490 e. The van der Waals surface area contributed by atoms with Gasteiger partial charge < -0.3 is 14.6 Å². The van der Waals surface area contributed by atoms with E-state index >= 15 is 0 Å². The van der Waals surface area contributed by atoms with Gasteiger partial charge in [0.1, 0.15) is 11.9 Å². The summed E-state index contributed by atoms with van der Waals surface area (Å²) in [4.78, 5) is 10.7. The highest BCUT2D eigenvalue weighted by Crippen LogP contribution is 2.43. The van der Waals surface area contributed by atoms with Crippen molar-refractivity contribution in [2.75, 3.05) is 6.61 Å². The highest BCUT2D eigenvalue weighted by Gasteiger charge is 2.43. The molecule has 2 fully saturated rings. The fraction of sp³-hybridized carbons (Fsp3) is 0.562. The van der Waals surface area contributed by atoms with Gasteiger partial charge in [-0.05, 0) is 37.0 Å². The Kier molecular flexibility index (Phi) is 3.66. The second-order valence-corrected chi connectivity index (χ2v) is 5.84. The molecule has 4 nitrogen and oxygen atoms in total. The van der Waals surface area contributed by atoms with Gasteiger partial charge in [-0.3, -0.25) is 4.79 Å². The number of benzene rings is 1. The van der Waals surface area contributed by atoms with E-state index in [1.54, 1.807) is 0 Å². The zero-order valence-corrected chi connectivity index (χ0v) is 11.5. The predicted octanol–water partition coefficient (Wildman–Crippen LogP) is 2.79. The van der Waals surface area contributed by atoms with Crippen LogP contribution < -0.4 is 4.74 Å². The molecule has 1 N–H and O–H groups in total. The number of hydrogen-bond donors (Lipinski definition) is 1. The minimum atomic E-state index is -0.818. The molecule has 3 rings (SSSR count). The molecule has 1 atom stereocenters. The van der Waals surface area contributed by atoms with Crippen LogP contribution in [0.5, 0.6) is 5.75 Å². The molecule has 1 aliphatic carbocycles. The van der Waals surface area contributed by atoms with Crippen LogP contribution in [-0.2, 0) is 16.0 Å². The van der Waals surface area contributed by atoms with Gasteiger partial charge >= 0.3 is 5.97 Å². The molecule has 0 amide bonds. The molecule has 1 saturated carbocycles. The van der Waals surface area contributed by atoms with E-state index in [0.717, 1.165) is 43.6 Å². The van der Waals surface area contributed by atoms with Crippen LogP contribution in [-0.4, -0.2) is 29.4 Å². The first-order valence-electron chi connectivity index (χ1n) is 7.27. The molecule has 1 spiro atoms. The molecule has 1 heterocycles. The van der Waals surface area contributed by atoms with Crippen LogP contribution in [0.1, 0.15) is 37.7 Å². The van der Waals surface area contributed by atoms with E-state index in [2.05, 4.69) is 0 Å². The second-order valence-electron chi connectivity index (χ2n) is 5.84. The highest BCUT2D eigenvalue weighted by atomic mass is 16.5. The van der Waals surface area contributed by atoms with Crippen molar-refractivity contribution in [2.24, 2.45) is 0 Å². The van der Waals surface area contributed by atoms with Gasteiger partial charge in [-0.2, -0.15) is 0 Å². The summed E-state index contributed by atoms with van der Waals surface area (Å²) < 4.78 is 11.9. The molecule has 0 aromatic heterocycles. The fourth-order valence-electron chi connectivity index (χ4n) is 3.10. The van der Waals surface area contributed by atoms with Crippen molar-refractivity contribution in [3.05, 3.63) is 29.8 Å². The van der Waals surface area contributed by atoms with Crippen LogP contribution >= 0.6 is 0 Å². The summed E-state index contributed by atoms with van der Waals surface area (Å²) >= 11 is 0. The zero-order chi connectivity index (χ0) is 14.0. The Hall–Kier alpha value is -1.55. The molecule has 108 valence electrons. The van der Waals surface area contributed by atoms with Gasteiger partial charge in [-0.25, -0.2) is 0 Å². The summed E-state index contributed by atoms with van der Waals surface area (Å²) in [6.45, 7) is 0.763. The first kappa shape index (κ1) is 13.4. The third-order valence-corrected chi connectivity index (χ3v) is 4.27. The lowest BCUT2D eigenvalue weighted by Crippen LogP contribution is -2.48. The monoisotopic (exact) mass is 276 g/mol. The number of carbonyl (C=O) groups is 1. The lowest BCUT2D eigenvalue weighted by molar-refractivity contribution is -0.153. The maximum Gasteiger partial charge on any atom is 0.307 e. The van der Waals surface area contributed by atoms with Crippen LogP contribution in [0.3, 0.4) is 0 Å². The summed E-state index contributed by atoms with van der Waals surface area (Å²) in [5, 5.41) is 8.83. The normalized spacial score (nSPS) is 24.1. The van der Waals surface area contributed by atoms with Gasteiger partial charge in [-0.1, -0.05) is 12.1 Å². The number of ether oxygens (including phenoxy) is 2. The maximum atomic E-state index is 10.7. The van der Waals surface area contributed by atoms with Gasteiger partial charge in [0, 0.05) is 12.8 Å². The quantitative estimate of drug-likeness (QED) is 0.918. The standard InChI is InChI=1S/C16H20O4/c17-15(18)10-12-3-1-4-13(9-12)20-14-5-8-19-16(11-14)6-2-7-16/h1,3-4,9,14H,2,5-8,10-11H2,(H,17,18). The van der Waals surface area contributed by atoms with Crippen molar-refractivity contribution in [1.29, 1.82) is 0 Å². The number of rotatable bonds is 4. The van der Waals surface area contributed by atoms with E-state index in [4.69, 9.17) is 14.6 Å². The van der Waals surface area contributed by atoms with Crippen LogP contribution in [0.4, 0.5) is 0 Å². The van der Waals surface area contributed by atoms with Gasteiger partial charge in [0.05, 0.1) is 18.6 Å². The molecule has 0 radical (unpaired) electrons. The maximum absolute atomic E-state index is 10.7. The van der Waals surface area contributed by atoms with Crippen molar-refractivity contribution in [2.45, 2.75) is 50.2 Å². The van der Waals surface area contributed by atoms with Crippen molar-refractivity contribution in [3.63, 3.8) is 0 Å². The molecule has 4 heteroatoms. The first-order chi connectivity index (χ1) is 9.65. The molecule has 1 unspecified atom stereocenters. The number of aliphatic carboxylic acids is 1. The lowest BCUT2D eigenvalue weighted by Gasteiger charge is -2.46. The molecule has 0 bridgehead atoms. The molecule has 2 aliphatic rings. The Morgan fingerprint density at radius 2 is 2.30 bits per heavy atom. The third-order valence-electron chi connectivity index (χ3n) is 4.27. The summed E-state index contributed by atoms with van der Waals surface area (Å²) in [5.41, 5.74) is 0.849. The van der Waals surface area contributed by atoms with Crippen molar-refractivity contribution in [1.82, 2.24) is 0 Å². The van der Waals surface area contributed by atoms with Crippen LogP contribution in [0.2, 0.25) is 0 Å². The number of carboxylic acid groups (broad SMARTS) is 1. The number of hydrogen-bond acceptors (Lipinski definition) is 3. The average molecular weight is 276 g/mol. The van der Waals surface area contributed by atoms with E-state index in [1.165, 1.54) is 6.42 Å². The van der Waals surface area contributed by atoms with E-state index in [-0.39, 0.29) is 18.1 Å². The summed E-state index contributed by atoms with van der Waals surface area (Å²) in [5.74, 6) is -0.0493. The van der Waals surface area contributed by atoms with Gasteiger partial charge in [0.15, 0.2) is 0 Å². The molecule has 1 aliphatic heterocycles. The minimum absolute atomic E-state index is 0.0366. The first-order valence-corrected chi connectivity index (χ1v) is 7.27. The smallest absolute Gasteiger partial charge is 0.307 e. The van der Waals surface area contributed by atoms with Crippen molar-refractivity contribution in [3.8, 4) is 5.75 Å². The van der Waals surface area contributed by atoms with Crippen LogP contribution in [0.25, 0.3) is 0 Å². The third kappa shape index (κ3) is 2.96. The van der Waals surface area contributed by atoms with Crippen molar-refractivity contribution < 1.29 is 19.4 Å². The highest BCUT2D eigenvalue weighted by molar-refractivity contribution is 5.70. The van der Waals surface area contributed by atoms with Crippen LogP contribution in [0.15, 0.2) is 24.3 Å². The van der Waals surface area contributed by atoms with E-state index in [0.29, 0.717) is 0 Å². The second kappa shape index (κ2) is 5.44. The van der Waals surface area contributed by atoms with E-state index in [1.807, 2.05) is 24.3 Å². The van der Waals surface area contributed by atoms with Gasteiger partial charge in [0.25, 0.3) is 0 Å². The topological polar surface area (TPSA) is 55.8 Å². The molecule has 1 aromatic carbocycles. The average Bonchev–Trinajstić information content (AvgIpc) is 2.37. The minimum Gasteiger partial charge on any atom is -0.490 e. The van der Waals surface area contributed by atoms with Crippen molar-refractivity contribution >= 4 is 5.97 Å². The Balaban J connectivity index is 1.63. The van der Waals surface area contributed by atoms with E-state index in [9.17, 15) is 4.79 Å². The Bertz CT molecular complexity index is 493. The summed E-state index contributed by atoms with van der Waals surface area (Å²) in [6.07, 6.45) is 5.62. The number of carboxylic acids is 1. The van der Waals surface area contributed by atoms with Gasteiger partial charge in [-0.15, -0.1) is 0 Å². The lowest BCUT2D eigenvalue weighted by atomic mass is 9.74. The Labute approximate surface area is 118 Å².